The van der Waals surface area contributed by atoms with Crippen molar-refractivity contribution in [2.45, 2.75) is 13.1 Å². The van der Waals surface area contributed by atoms with E-state index in [2.05, 4.69) is 10.3 Å². The SMILES string of the molecule is Nc1c(-c2ccc(F)c(-c3cccc(F)c3)c2)nc2n1CCNC2. The summed E-state index contributed by atoms with van der Waals surface area (Å²) in [6.07, 6.45) is 0. The number of rotatable bonds is 2. The van der Waals surface area contributed by atoms with Crippen LogP contribution in [-0.2, 0) is 13.1 Å². The molecular weight excluding hydrogens is 310 g/mol. The molecule has 1 aliphatic heterocycles. The Labute approximate surface area is 137 Å². The lowest BCUT2D eigenvalue weighted by Gasteiger charge is -2.15. The van der Waals surface area contributed by atoms with E-state index in [-0.39, 0.29) is 0 Å². The molecular formula is C18H16F2N4. The van der Waals surface area contributed by atoms with Gasteiger partial charge in [-0.1, -0.05) is 12.1 Å². The molecule has 0 spiro atoms. The molecule has 2 aromatic carbocycles. The summed E-state index contributed by atoms with van der Waals surface area (Å²) < 4.78 is 29.7. The van der Waals surface area contributed by atoms with E-state index < -0.39 is 11.6 Å². The molecule has 24 heavy (non-hydrogen) atoms. The minimum atomic E-state index is -0.409. The fourth-order valence-corrected chi connectivity index (χ4v) is 3.05. The Kier molecular flexibility index (Phi) is 3.54. The van der Waals surface area contributed by atoms with Gasteiger partial charge in [-0.05, 0) is 35.9 Å². The molecule has 0 fully saturated rings. The second-order valence-electron chi connectivity index (χ2n) is 5.80. The van der Waals surface area contributed by atoms with Crippen LogP contribution < -0.4 is 11.1 Å². The van der Waals surface area contributed by atoms with E-state index in [9.17, 15) is 8.78 Å². The molecule has 2 heterocycles. The van der Waals surface area contributed by atoms with Crippen molar-refractivity contribution in [2.75, 3.05) is 12.3 Å². The van der Waals surface area contributed by atoms with E-state index >= 15 is 0 Å². The van der Waals surface area contributed by atoms with Gasteiger partial charge in [0.05, 0.1) is 6.54 Å². The summed E-state index contributed by atoms with van der Waals surface area (Å²) in [5, 5.41) is 3.24. The molecule has 0 aliphatic carbocycles. The number of nitrogens with two attached hydrogens (primary N) is 1. The van der Waals surface area contributed by atoms with Crippen LogP contribution in [0.1, 0.15) is 5.82 Å². The summed E-state index contributed by atoms with van der Waals surface area (Å²) >= 11 is 0. The Morgan fingerprint density at radius 1 is 1.08 bits per heavy atom. The molecule has 3 aromatic rings. The van der Waals surface area contributed by atoms with Gasteiger partial charge in [-0.3, -0.25) is 0 Å². The molecule has 6 heteroatoms. The van der Waals surface area contributed by atoms with Crippen molar-refractivity contribution in [3.8, 4) is 22.4 Å². The molecule has 0 saturated heterocycles. The van der Waals surface area contributed by atoms with Crippen LogP contribution >= 0.6 is 0 Å². The van der Waals surface area contributed by atoms with E-state index in [1.54, 1.807) is 24.3 Å². The fraction of sp³-hybridized carbons (Fsp3) is 0.167. The Morgan fingerprint density at radius 3 is 2.75 bits per heavy atom. The van der Waals surface area contributed by atoms with Crippen molar-refractivity contribution >= 4 is 5.82 Å². The van der Waals surface area contributed by atoms with Gasteiger partial charge in [-0.2, -0.15) is 0 Å². The Bertz CT molecular complexity index is 917. The van der Waals surface area contributed by atoms with E-state index in [1.165, 1.54) is 18.2 Å². The first-order chi connectivity index (χ1) is 11.6. The van der Waals surface area contributed by atoms with Gasteiger partial charge in [-0.15, -0.1) is 0 Å². The van der Waals surface area contributed by atoms with Crippen LogP contribution in [0.25, 0.3) is 22.4 Å². The minimum absolute atomic E-state index is 0.329. The van der Waals surface area contributed by atoms with Gasteiger partial charge in [0, 0.05) is 24.2 Å². The quantitative estimate of drug-likeness (QED) is 0.760. The summed E-state index contributed by atoms with van der Waals surface area (Å²) in [6, 6.07) is 10.6. The summed E-state index contributed by atoms with van der Waals surface area (Å²) in [4.78, 5) is 4.58. The largest absolute Gasteiger partial charge is 0.383 e. The number of anilines is 1. The van der Waals surface area contributed by atoms with Crippen molar-refractivity contribution in [1.82, 2.24) is 14.9 Å². The van der Waals surface area contributed by atoms with Gasteiger partial charge in [-0.25, -0.2) is 13.8 Å². The number of fused-ring (bicyclic) bond motifs is 1. The molecule has 4 rings (SSSR count). The molecule has 1 aliphatic rings. The fourth-order valence-electron chi connectivity index (χ4n) is 3.05. The van der Waals surface area contributed by atoms with Gasteiger partial charge in [0.25, 0.3) is 0 Å². The number of nitrogen functional groups attached to an aromatic ring is 1. The zero-order chi connectivity index (χ0) is 16.7. The number of benzene rings is 2. The minimum Gasteiger partial charge on any atom is -0.383 e. The van der Waals surface area contributed by atoms with Crippen LogP contribution in [0.4, 0.5) is 14.6 Å². The number of halogens is 2. The lowest BCUT2D eigenvalue weighted by Crippen LogP contribution is -2.28. The summed E-state index contributed by atoms with van der Waals surface area (Å²) in [6.45, 7) is 2.25. The summed E-state index contributed by atoms with van der Waals surface area (Å²) in [7, 11) is 0. The number of hydrogen-bond donors (Lipinski definition) is 2. The third-order valence-corrected chi connectivity index (χ3v) is 4.26. The number of nitrogens with one attached hydrogen (secondary N) is 1. The van der Waals surface area contributed by atoms with Crippen molar-refractivity contribution in [2.24, 2.45) is 0 Å². The summed E-state index contributed by atoms with van der Waals surface area (Å²) in [5.41, 5.74) is 8.39. The van der Waals surface area contributed by atoms with E-state index in [0.717, 1.165) is 24.5 Å². The van der Waals surface area contributed by atoms with E-state index in [1.807, 2.05) is 4.57 Å². The zero-order valence-electron chi connectivity index (χ0n) is 12.9. The highest BCUT2D eigenvalue weighted by molar-refractivity contribution is 5.77. The maximum absolute atomic E-state index is 14.2. The van der Waals surface area contributed by atoms with E-state index in [0.29, 0.717) is 29.2 Å². The van der Waals surface area contributed by atoms with Gasteiger partial charge in [0.15, 0.2) is 0 Å². The highest BCUT2D eigenvalue weighted by Gasteiger charge is 2.19. The Balaban J connectivity index is 1.83. The Hall–Kier alpha value is -2.73. The van der Waals surface area contributed by atoms with Gasteiger partial charge in [0.1, 0.15) is 29.0 Å². The average Bonchev–Trinajstić information content (AvgIpc) is 2.93. The van der Waals surface area contributed by atoms with Crippen molar-refractivity contribution in [3.05, 3.63) is 59.9 Å². The third-order valence-electron chi connectivity index (χ3n) is 4.26. The topological polar surface area (TPSA) is 55.9 Å². The van der Waals surface area contributed by atoms with Gasteiger partial charge >= 0.3 is 0 Å². The van der Waals surface area contributed by atoms with E-state index in [4.69, 9.17) is 5.73 Å². The molecule has 1 aromatic heterocycles. The third kappa shape index (κ3) is 2.45. The number of aromatic nitrogens is 2. The molecule has 3 N–H and O–H groups in total. The van der Waals surface area contributed by atoms with Crippen LogP contribution in [0.3, 0.4) is 0 Å². The second-order valence-corrected chi connectivity index (χ2v) is 5.80. The van der Waals surface area contributed by atoms with Crippen LogP contribution in [0.5, 0.6) is 0 Å². The van der Waals surface area contributed by atoms with Crippen molar-refractivity contribution < 1.29 is 8.78 Å². The molecule has 4 nitrogen and oxygen atoms in total. The maximum atomic E-state index is 14.2. The number of hydrogen-bond acceptors (Lipinski definition) is 3. The maximum Gasteiger partial charge on any atom is 0.131 e. The van der Waals surface area contributed by atoms with Gasteiger partial charge < -0.3 is 15.6 Å². The second kappa shape index (κ2) is 5.72. The molecule has 0 bridgehead atoms. The molecule has 122 valence electrons. The lowest BCUT2D eigenvalue weighted by molar-refractivity contribution is 0.509. The highest BCUT2D eigenvalue weighted by Crippen LogP contribution is 2.32. The zero-order valence-corrected chi connectivity index (χ0v) is 12.9. The van der Waals surface area contributed by atoms with Crippen LogP contribution in [0.2, 0.25) is 0 Å². The molecule has 0 radical (unpaired) electrons. The van der Waals surface area contributed by atoms with Gasteiger partial charge in [0.2, 0.25) is 0 Å². The smallest absolute Gasteiger partial charge is 0.131 e. The Morgan fingerprint density at radius 2 is 1.96 bits per heavy atom. The monoisotopic (exact) mass is 326 g/mol. The highest BCUT2D eigenvalue weighted by atomic mass is 19.1. The first-order valence-electron chi connectivity index (χ1n) is 7.75. The summed E-state index contributed by atoms with van der Waals surface area (Å²) in [5.74, 6) is 0.627. The normalized spacial score (nSPS) is 13.8. The van der Waals surface area contributed by atoms with Crippen LogP contribution in [0.15, 0.2) is 42.5 Å². The standard InChI is InChI=1S/C18H16F2N4/c19-13-3-1-2-11(8-13)14-9-12(4-5-15(14)20)17-18(21)24-7-6-22-10-16(24)23-17/h1-5,8-9,22H,6-7,10,21H2. The lowest BCUT2D eigenvalue weighted by atomic mass is 10.0. The van der Waals surface area contributed by atoms with Crippen molar-refractivity contribution in [1.29, 1.82) is 0 Å². The first-order valence-corrected chi connectivity index (χ1v) is 7.75. The number of imidazole rings is 1. The predicted molar refractivity (Wildman–Crippen MR) is 89.1 cm³/mol. The number of nitrogens with zero attached hydrogens (tertiary/aromatic N) is 2. The molecule has 0 saturated carbocycles. The predicted octanol–water partition coefficient (Wildman–Crippen LogP) is 3.18. The van der Waals surface area contributed by atoms with Crippen LogP contribution in [0, 0.1) is 11.6 Å². The van der Waals surface area contributed by atoms with Crippen LogP contribution in [-0.4, -0.2) is 16.1 Å². The molecule has 0 amide bonds. The molecule has 0 atom stereocenters. The first kappa shape index (κ1) is 14.8. The average molecular weight is 326 g/mol. The van der Waals surface area contributed by atoms with Crippen molar-refractivity contribution in [3.63, 3.8) is 0 Å². The molecule has 0 unspecified atom stereocenters.